The molecule has 0 spiro atoms. The van der Waals surface area contributed by atoms with E-state index in [2.05, 4.69) is 33.5 Å². The fourth-order valence-electron chi connectivity index (χ4n) is 3.71. The summed E-state index contributed by atoms with van der Waals surface area (Å²) in [6.07, 6.45) is 4.10. The molecule has 1 N–H and O–H groups in total. The third kappa shape index (κ3) is 3.37. The molecular weight excluding hydrogens is 315 g/mol. The average Bonchev–Trinajstić information content (AvgIpc) is 3.01. The molecule has 0 aliphatic carbocycles. The molecule has 4 rings (SSSR count). The first-order chi connectivity index (χ1) is 12.2. The highest BCUT2D eigenvalue weighted by molar-refractivity contribution is 5.82. The second kappa shape index (κ2) is 6.84. The minimum atomic E-state index is -0.175. The highest BCUT2D eigenvalue weighted by Crippen LogP contribution is 2.28. The van der Waals surface area contributed by atoms with E-state index in [1.807, 2.05) is 24.0 Å². The summed E-state index contributed by atoms with van der Waals surface area (Å²) in [4.78, 5) is 2.42. The van der Waals surface area contributed by atoms with Crippen molar-refractivity contribution in [1.82, 2.24) is 15.1 Å². The minimum absolute atomic E-state index is 0.175. The van der Waals surface area contributed by atoms with Crippen molar-refractivity contribution >= 4 is 16.6 Å². The van der Waals surface area contributed by atoms with E-state index < -0.39 is 0 Å². The maximum absolute atomic E-state index is 13.6. The van der Waals surface area contributed by atoms with Gasteiger partial charge in [-0.2, -0.15) is 5.10 Å². The van der Waals surface area contributed by atoms with Crippen LogP contribution in [-0.4, -0.2) is 28.9 Å². The second-order valence-corrected chi connectivity index (χ2v) is 6.75. The number of rotatable bonds is 4. The number of aromatic nitrogens is 2. The van der Waals surface area contributed by atoms with Crippen molar-refractivity contribution < 1.29 is 4.39 Å². The molecule has 0 unspecified atom stereocenters. The fourth-order valence-corrected chi connectivity index (χ4v) is 3.71. The molecule has 0 saturated carbocycles. The molecule has 1 aromatic heterocycles. The summed E-state index contributed by atoms with van der Waals surface area (Å²) >= 11 is 0. The summed E-state index contributed by atoms with van der Waals surface area (Å²) in [7, 11) is 1.96. The minimum Gasteiger partial charge on any atom is -0.364 e. The molecule has 1 fully saturated rings. The Bertz CT molecular complexity index is 867. The number of aryl methyl sites for hydroxylation is 1. The molecule has 130 valence electrons. The van der Waals surface area contributed by atoms with E-state index in [1.54, 1.807) is 12.1 Å². The Morgan fingerprint density at radius 3 is 2.84 bits per heavy atom. The van der Waals surface area contributed by atoms with Crippen LogP contribution in [0.1, 0.15) is 18.4 Å². The van der Waals surface area contributed by atoms with Crippen LogP contribution >= 0.6 is 0 Å². The van der Waals surface area contributed by atoms with E-state index in [1.165, 1.54) is 11.8 Å². The van der Waals surface area contributed by atoms with Gasteiger partial charge in [0.2, 0.25) is 0 Å². The monoisotopic (exact) mass is 338 g/mol. The van der Waals surface area contributed by atoms with Gasteiger partial charge in [0.25, 0.3) is 0 Å². The van der Waals surface area contributed by atoms with Gasteiger partial charge in [-0.1, -0.05) is 12.1 Å². The zero-order valence-corrected chi connectivity index (χ0v) is 14.5. The highest BCUT2D eigenvalue weighted by atomic mass is 19.1. The van der Waals surface area contributed by atoms with Crippen LogP contribution in [0.5, 0.6) is 0 Å². The zero-order chi connectivity index (χ0) is 17.2. The van der Waals surface area contributed by atoms with Crippen molar-refractivity contribution in [2.24, 2.45) is 7.05 Å². The summed E-state index contributed by atoms with van der Waals surface area (Å²) in [5.41, 5.74) is 3.31. The van der Waals surface area contributed by atoms with Crippen molar-refractivity contribution in [3.63, 3.8) is 0 Å². The lowest BCUT2D eigenvalue weighted by Crippen LogP contribution is -2.43. The Kier molecular flexibility index (Phi) is 4.40. The molecular formula is C20H23FN4. The predicted octanol–water partition coefficient (Wildman–Crippen LogP) is 3.47. The Labute approximate surface area is 147 Å². The van der Waals surface area contributed by atoms with Gasteiger partial charge in [0.1, 0.15) is 5.82 Å². The molecule has 0 atom stereocenters. The lowest BCUT2D eigenvalue weighted by molar-refractivity contribution is 0.428. The first-order valence-corrected chi connectivity index (χ1v) is 8.84. The number of nitrogens with one attached hydrogen (secondary N) is 1. The fraction of sp³-hybridized carbons (Fsp3) is 0.350. The predicted molar refractivity (Wildman–Crippen MR) is 99.2 cm³/mol. The SMILES string of the molecule is Cn1ncc2cc(N(Cc3cccc(F)c3)C3CCNCC3)ccc21. The molecule has 2 aromatic carbocycles. The molecule has 25 heavy (non-hydrogen) atoms. The largest absolute Gasteiger partial charge is 0.364 e. The van der Waals surface area contributed by atoms with Gasteiger partial charge >= 0.3 is 0 Å². The van der Waals surface area contributed by atoms with Gasteiger partial charge in [0.15, 0.2) is 0 Å². The van der Waals surface area contributed by atoms with E-state index >= 15 is 0 Å². The number of fused-ring (bicyclic) bond motifs is 1. The van der Waals surface area contributed by atoms with Crippen molar-refractivity contribution in [2.45, 2.75) is 25.4 Å². The Hall–Kier alpha value is -2.40. The number of nitrogens with zero attached hydrogens (tertiary/aromatic N) is 3. The van der Waals surface area contributed by atoms with Gasteiger partial charge in [0, 0.05) is 30.7 Å². The topological polar surface area (TPSA) is 33.1 Å². The lowest BCUT2D eigenvalue weighted by atomic mass is 10.0. The normalized spacial score (nSPS) is 15.6. The third-order valence-corrected chi connectivity index (χ3v) is 5.05. The van der Waals surface area contributed by atoms with Crippen LogP contribution in [0.3, 0.4) is 0 Å². The molecule has 1 aliphatic rings. The van der Waals surface area contributed by atoms with Gasteiger partial charge in [0.05, 0.1) is 11.7 Å². The summed E-state index contributed by atoms with van der Waals surface area (Å²) in [5.74, 6) is -0.175. The molecule has 4 nitrogen and oxygen atoms in total. The quantitative estimate of drug-likeness (QED) is 0.791. The summed E-state index contributed by atoms with van der Waals surface area (Å²) in [6, 6.07) is 13.9. The number of anilines is 1. The molecule has 1 saturated heterocycles. The first-order valence-electron chi connectivity index (χ1n) is 8.84. The standard InChI is InChI=1S/C20H23FN4/c1-24-20-6-5-19(12-16(20)13-23-24)25(18-7-9-22-10-8-18)14-15-3-2-4-17(21)11-15/h2-6,11-13,18,22H,7-10,14H2,1H3. The number of hydrogen-bond donors (Lipinski definition) is 1. The summed E-state index contributed by atoms with van der Waals surface area (Å²) in [5, 5.41) is 8.91. The van der Waals surface area contributed by atoms with Crippen molar-refractivity contribution in [3.8, 4) is 0 Å². The Morgan fingerprint density at radius 2 is 2.04 bits per heavy atom. The maximum atomic E-state index is 13.6. The molecule has 2 heterocycles. The zero-order valence-electron chi connectivity index (χ0n) is 14.5. The first kappa shape index (κ1) is 16.1. The van der Waals surface area contributed by atoms with Gasteiger partial charge in [-0.25, -0.2) is 4.39 Å². The van der Waals surface area contributed by atoms with E-state index in [-0.39, 0.29) is 5.82 Å². The van der Waals surface area contributed by atoms with Crippen LogP contribution in [0.15, 0.2) is 48.7 Å². The molecule has 0 bridgehead atoms. The van der Waals surface area contributed by atoms with Gasteiger partial charge in [-0.3, -0.25) is 4.68 Å². The van der Waals surface area contributed by atoms with Gasteiger partial charge < -0.3 is 10.2 Å². The van der Waals surface area contributed by atoms with Crippen LogP contribution in [0.25, 0.3) is 10.9 Å². The molecule has 0 radical (unpaired) electrons. The van der Waals surface area contributed by atoms with Gasteiger partial charge in [-0.15, -0.1) is 0 Å². The molecule has 5 heteroatoms. The maximum Gasteiger partial charge on any atom is 0.123 e. The van der Waals surface area contributed by atoms with Crippen molar-refractivity contribution in [2.75, 3.05) is 18.0 Å². The van der Waals surface area contributed by atoms with Crippen LogP contribution in [-0.2, 0) is 13.6 Å². The van der Waals surface area contributed by atoms with Crippen LogP contribution < -0.4 is 10.2 Å². The second-order valence-electron chi connectivity index (χ2n) is 6.75. The van der Waals surface area contributed by atoms with E-state index in [4.69, 9.17) is 0 Å². The number of halogens is 1. The average molecular weight is 338 g/mol. The van der Waals surface area contributed by atoms with Crippen molar-refractivity contribution in [1.29, 1.82) is 0 Å². The lowest BCUT2D eigenvalue weighted by Gasteiger charge is -2.36. The third-order valence-electron chi connectivity index (χ3n) is 5.05. The molecule has 0 amide bonds. The van der Waals surface area contributed by atoms with Crippen LogP contribution in [0.4, 0.5) is 10.1 Å². The van der Waals surface area contributed by atoms with E-state index in [9.17, 15) is 4.39 Å². The van der Waals surface area contributed by atoms with Gasteiger partial charge in [-0.05, 0) is 61.8 Å². The Balaban J connectivity index is 1.69. The number of hydrogen-bond acceptors (Lipinski definition) is 3. The smallest absolute Gasteiger partial charge is 0.123 e. The van der Waals surface area contributed by atoms with Crippen LogP contribution in [0, 0.1) is 5.82 Å². The Morgan fingerprint density at radius 1 is 1.20 bits per heavy atom. The van der Waals surface area contributed by atoms with Crippen LogP contribution in [0.2, 0.25) is 0 Å². The highest BCUT2D eigenvalue weighted by Gasteiger charge is 2.22. The summed E-state index contributed by atoms with van der Waals surface area (Å²) in [6.45, 7) is 2.77. The van der Waals surface area contributed by atoms with Crippen molar-refractivity contribution in [3.05, 3.63) is 60.0 Å². The molecule has 1 aliphatic heterocycles. The van der Waals surface area contributed by atoms with E-state index in [0.717, 1.165) is 42.4 Å². The molecule has 3 aromatic rings. The number of benzene rings is 2. The van der Waals surface area contributed by atoms with E-state index in [0.29, 0.717) is 12.6 Å². The number of piperidine rings is 1. The summed E-state index contributed by atoms with van der Waals surface area (Å²) < 4.78 is 15.5.